The molecule has 0 saturated heterocycles. The highest BCUT2D eigenvalue weighted by Gasteiger charge is 2.34. The highest BCUT2D eigenvalue weighted by atomic mass is 32.2. The van der Waals surface area contributed by atoms with Crippen LogP contribution in [0.15, 0.2) is 65.6 Å². The van der Waals surface area contributed by atoms with Gasteiger partial charge in [0.25, 0.3) is 5.91 Å². The van der Waals surface area contributed by atoms with Gasteiger partial charge in [-0.15, -0.1) is 0 Å². The summed E-state index contributed by atoms with van der Waals surface area (Å²) in [4.78, 5) is 50.9. The highest BCUT2D eigenvalue weighted by Crippen LogP contribution is 2.39. The Hall–Kier alpha value is -4.32. The van der Waals surface area contributed by atoms with Crippen molar-refractivity contribution >= 4 is 35.6 Å². The van der Waals surface area contributed by atoms with E-state index in [4.69, 9.17) is 0 Å². The molecular weight excluding hydrogens is 551 g/mol. The number of nitrogens with zero attached hydrogens (tertiary/aromatic N) is 1. The average Bonchev–Trinajstić information content (AvgIpc) is 2.89. The van der Waals surface area contributed by atoms with Crippen LogP contribution in [-0.2, 0) is 13.0 Å². The summed E-state index contributed by atoms with van der Waals surface area (Å²) >= 11 is -0.315. The molecule has 3 aromatic rings. The number of halogens is 3. The molecule has 0 aromatic heterocycles. The van der Waals surface area contributed by atoms with Gasteiger partial charge in [-0.05, 0) is 72.0 Å². The molecule has 8 nitrogen and oxygen atoms in total. The Bertz CT molecular complexity index is 1510. The number of aryl methyl sites for hydroxylation is 1. The second-order valence-corrected chi connectivity index (χ2v) is 10.2. The number of alkyl halides is 3. The van der Waals surface area contributed by atoms with Gasteiger partial charge < -0.3 is 20.2 Å². The van der Waals surface area contributed by atoms with E-state index in [1.54, 1.807) is 6.07 Å². The normalized spacial score (nSPS) is 14.7. The lowest BCUT2D eigenvalue weighted by Gasteiger charge is -2.36. The minimum Gasteiger partial charge on any atom is -0.478 e. The third kappa shape index (κ3) is 6.28. The summed E-state index contributed by atoms with van der Waals surface area (Å²) in [6.07, 6.45) is 1.85. The maximum Gasteiger partial charge on any atom is 0.446 e. The molecule has 0 bridgehead atoms. The first-order valence-electron chi connectivity index (χ1n) is 12.0. The molecule has 0 aliphatic heterocycles. The van der Waals surface area contributed by atoms with E-state index in [0.717, 1.165) is 23.6 Å². The van der Waals surface area contributed by atoms with Gasteiger partial charge in [0.1, 0.15) is 0 Å². The minimum absolute atomic E-state index is 0.105. The Morgan fingerprint density at radius 1 is 0.825 bits per heavy atom. The van der Waals surface area contributed by atoms with Crippen molar-refractivity contribution < 1.29 is 47.7 Å². The van der Waals surface area contributed by atoms with Gasteiger partial charge in [0.2, 0.25) is 0 Å². The Kier molecular flexibility index (Phi) is 8.19. The number of fused-ring (bicyclic) bond motifs is 1. The van der Waals surface area contributed by atoms with E-state index < -0.39 is 57.6 Å². The summed E-state index contributed by atoms with van der Waals surface area (Å²) in [7, 11) is 0. The first-order valence-corrected chi connectivity index (χ1v) is 12.8. The van der Waals surface area contributed by atoms with Gasteiger partial charge >= 0.3 is 23.4 Å². The molecule has 40 heavy (non-hydrogen) atoms. The number of hydrogen-bond acceptors (Lipinski definition) is 5. The molecule has 0 fully saturated rings. The zero-order valence-electron chi connectivity index (χ0n) is 20.6. The quantitative estimate of drug-likeness (QED) is 0.275. The van der Waals surface area contributed by atoms with Crippen LogP contribution in [0.5, 0.6) is 0 Å². The lowest BCUT2D eigenvalue weighted by atomic mass is 9.86. The fourth-order valence-electron chi connectivity index (χ4n) is 4.88. The number of carbonyl (C=O) groups is 4. The molecule has 3 aromatic carbocycles. The molecule has 0 saturated carbocycles. The summed E-state index contributed by atoms with van der Waals surface area (Å²) in [5.41, 5.74) is -5.29. The van der Waals surface area contributed by atoms with Crippen LogP contribution in [0.3, 0.4) is 0 Å². The van der Waals surface area contributed by atoms with Gasteiger partial charge in [0.15, 0.2) is 0 Å². The van der Waals surface area contributed by atoms with E-state index in [9.17, 15) is 47.7 Å². The predicted octanol–water partition coefficient (Wildman–Crippen LogP) is 6.11. The fraction of sp³-hybridized carbons (Fsp3) is 0.214. The van der Waals surface area contributed by atoms with Gasteiger partial charge in [-0.2, -0.15) is 13.2 Å². The van der Waals surface area contributed by atoms with Crippen molar-refractivity contribution in [3.63, 3.8) is 0 Å². The maximum absolute atomic E-state index is 14.1. The number of carbonyl (C=O) groups excluding carboxylic acids is 1. The number of thioether (sulfide) groups is 1. The Morgan fingerprint density at radius 3 is 2.05 bits per heavy atom. The number of aromatic carboxylic acids is 3. The van der Waals surface area contributed by atoms with Crippen LogP contribution >= 0.6 is 11.8 Å². The average molecular weight is 574 g/mol. The number of carboxylic acid groups (broad SMARTS) is 3. The van der Waals surface area contributed by atoms with Gasteiger partial charge in [0.05, 0.1) is 28.3 Å². The SMILES string of the molecule is O=C(O)c1cc(C(=O)O)c(C(=O)N(Cc2cccc(SC(F)(F)F)c2)C2CCCc3ccccc32)cc1C(=O)O. The van der Waals surface area contributed by atoms with Crippen LogP contribution in [0.1, 0.15) is 77.0 Å². The van der Waals surface area contributed by atoms with E-state index in [1.165, 1.54) is 29.2 Å². The fourth-order valence-corrected chi connectivity index (χ4v) is 5.50. The molecule has 208 valence electrons. The molecule has 1 atom stereocenters. The summed E-state index contributed by atoms with van der Waals surface area (Å²) < 4.78 is 39.0. The van der Waals surface area contributed by atoms with E-state index >= 15 is 0 Å². The molecule has 4 rings (SSSR count). The zero-order chi connectivity index (χ0) is 29.2. The van der Waals surface area contributed by atoms with Crippen LogP contribution < -0.4 is 0 Å². The molecule has 0 radical (unpaired) electrons. The Labute approximate surface area is 230 Å². The summed E-state index contributed by atoms with van der Waals surface area (Å²) in [6.45, 7) is -0.216. The largest absolute Gasteiger partial charge is 0.478 e. The third-order valence-corrected chi connectivity index (χ3v) is 7.26. The molecule has 0 spiro atoms. The Balaban J connectivity index is 1.86. The maximum atomic E-state index is 14.1. The minimum atomic E-state index is -4.54. The first-order chi connectivity index (χ1) is 18.9. The molecule has 1 amide bonds. The monoisotopic (exact) mass is 573 g/mol. The van der Waals surface area contributed by atoms with E-state index in [-0.39, 0.29) is 23.2 Å². The molecular formula is C28H22F3NO7S. The lowest BCUT2D eigenvalue weighted by molar-refractivity contribution is -0.0328. The number of benzene rings is 3. The zero-order valence-corrected chi connectivity index (χ0v) is 21.5. The number of hydrogen-bond donors (Lipinski definition) is 3. The van der Waals surface area contributed by atoms with Crippen LogP contribution in [-0.4, -0.2) is 49.5 Å². The van der Waals surface area contributed by atoms with Gasteiger partial charge in [-0.3, -0.25) is 4.79 Å². The first kappa shape index (κ1) is 28.7. The van der Waals surface area contributed by atoms with Crippen LogP contribution in [0.4, 0.5) is 13.2 Å². The van der Waals surface area contributed by atoms with Crippen LogP contribution in [0.25, 0.3) is 0 Å². The second-order valence-electron chi connectivity index (χ2n) is 9.09. The van der Waals surface area contributed by atoms with Crippen LogP contribution in [0.2, 0.25) is 0 Å². The van der Waals surface area contributed by atoms with Crippen molar-refractivity contribution in [3.8, 4) is 0 Å². The number of rotatable bonds is 8. The molecule has 3 N–H and O–H groups in total. The molecule has 12 heteroatoms. The summed E-state index contributed by atoms with van der Waals surface area (Å²) in [5.74, 6) is -5.89. The number of carboxylic acids is 3. The van der Waals surface area contributed by atoms with E-state index in [0.29, 0.717) is 24.5 Å². The summed E-state index contributed by atoms with van der Waals surface area (Å²) in [6, 6.07) is 13.6. The Morgan fingerprint density at radius 2 is 1.43 bits per heavy atom. The van der Waals surface area contributed by atoms with Gasteiger partial charge in [0, 0.05) is 11.4 Å². The smallest absolute Gasteiger partial charge is 0.446 e. The lowest BCUT2D eigenvalue weighted by Crippen LogP contribution is -2.37. The van der Waals surface area contributed by atoms with Crippen molar-refractivity contribution in [2.75, 3.05) is 0 Å². The van der Waals surface area contributed by atoms with Crippen molar-refractivity contribution in [1.29, 1.82) is 0 Å². The van der Waals surface area contributed by atoms with Crippen molar-refractivity contribution in [2.45, 2.75) is 42.3 Å². The van der Waals surface area contributed by atoms with Crippen molar-refractivity contribution in [1.82, 2.24) is 4.90 Å². The van der Waals surface area contributed by atoms with Crippen molar-refractivity contribution in [3.05, 3.63) is 99.6 Å². The van der Waals surface area contributed by atoms with Gasteiger partial charge in [-0.25, -0.2) is 14.4 Å². The second kappa shape index (κ2) is 11.4. The summed E-state index contributed by atoms with van der Waals surface area (Å²) in [5, 5.41) is 28.9. The number of amides is 1. The molecule has 1 aliphatic rings. The van der Waals surface area contributed by atoms with E-state index in [1.807, 2.05) is 18.2 Å². The standard InChI is InChI=1S/C28H22F3NO7S/c29-28(30,31)40-17-8-3-5-15(11-17)14-32(23-10-4-7-16-6-1-2-9-18(16)23)24(33)19-12-21(26(36)37)22(27(38)39)13-20(19)25(34)35/h1-3,5-6,8-9,11-13,23H,4,7,10,14H2,(H,34,35)(H,36,37)(H,38,39). The predicted molar refractivity (Wildman–Crippen MR) is 138 cm³/mol. The van der Waals surface area contributed by atoms with E-state index in [2.05, 4.69) is 0 Å². The van der Waals surface area contributed by atoms with Crippen LogP contribution in [0, 0.1) is 0 Å². The molecule has 1 unspecified atom stereocenters. The van der Waals surface area contributed by atoms with Crippen molar-refractivity contribution in [2.24, 2.45) is 0 Å². The molecule has 0 heterocycles. The molecule has 1 aliphatic carbocycles. The van der Waals surface area contributed by atoms with Gasteiger partial charge in [-0.1, -0.05) is 36.4 Å². The topological polar surface area (TPSA) is 132 Å². The third-order valence-electron chi connectivity index (χ3n) is 6.54. The highest BCUT2D eigenvalue weighted by molar-refractivity contribution is 8.00.